The van der Waals surface area contributed by atoms with Crippen LogP contribution in [0.5, 0.6) is 0 Å². The highest BCUT2D eigenvalue weighted by molar-refractivity contribution is 7.09. The van der Waals surface area contributed by atoms with Crippen molar-refractivity contribution in [2.75, 3.05) is 13.1 Å². The average Bonchev–Trinajstić information content (AvgIpc) is 2.95. The van der Waals surface area contributed by atoms with Crippen LogP contribution in [0.1, 0.15) is 36.9 Å². The van der Waals surface area contributed by atoms with Gasteiger partial charge in [0.05, 0.1) is 17.7 Å². The molecular formula is C18H25FN4S. The van der Waals surface area contributed by atoms with Crippen molar-refractivity contribution in [2.45, 2.75) is 39.7 Å². The number of hydrogen-bond donors (Lipinski definition) is 2. The monoisotopic (exact) mass is 348 g/mol. The van der Waals surface area contributed by atoms with Crippen molar-refractivity contribution >= 4 is 17.3 Å². The predicted octanol–water partition coefficient (Wildman–Crippen LogP) is 3.62. The van der Waals surface area contributed by atoms with Crippen LogP contribution in [0.15, 0.2) is 34.8 Å². The second-order valence-electron chi connectivity index (χ2n) is 6.30. The SMILES string of the molecule is CCNC(=NCc1scnc1C)NCC(C)(C)c1cccc(F)c1. The van der Waals surface area contributed by atoms with Crippen molar-refractivity contribution in [1.82, 2.24) is 15.6 Å². The van der Waals surface area contributed by atoms with Crippen molar-refractivity contribution in [2.24, 2.45) is 4.99 Å². The van der Waals surface area contributed by atoms with E-state index in [-0.39, 0.29) is 11.2 Å². The van der Waals surface area contributed by atoms with E-state index in [0.29, 0.717) is 13.1 Å². The molecule has 0 aliphatic rings. The Bertz CT molecular complexity index is 694. The zero-order valence-corrected chi connectivity index (χ0v) is 15.5. The molecule has 1 heterocycles. The summed E-state index contributed by atoms with van der Waals surface area (Å²) in [6, 6.07) is 6.76. The Balaban J connectivity index is 2.03. The minimum absolute atomic E-state index is 0.207. The zero-order valence-electron chi connectivity index (χ0n) is 14.7. The molecule has 1 aromatic heterocycles. The summed E-state index contributed by atoms with van der Waals surface area (Å²) in [5, 5.41) is 6.61. The van der Waals surface area contributed by atoms with Gasteiger partial charge < -0.3 is 10.6 Å². The van der Waals surface area contributed by atoms with Crippen molar-refractivity contribution < 1.29 is 4.39 Å². The van der Waals surface area contributed by atoms with E-state index < -0.39 is 0 Å². The molecule has 2 N–H and O–H groups in total. The molecule has 2 aromatic rings. The maximum atomic E-state index is 13.5. The molecule has 0 aliphatic heterocycles. The molecule has 0 unspecified atom stereocenters. The number of halogens is 1. The summed E-state index contributed by atoms with van der Waals surface area (Å²) < 4.78 is 13.5. The number of aliphatic imine (C=N–C) groups is 1. The molecule has 1 aromatic carbocycles. The third-order valence-corrected chi connectivity index (χ3v) is 4.79. The molecule has 0 amide bonds. The van der Waals surface area contributed by atoms with Crippen LogP contribution in [0.3, 0.4) is 0 Å². The predicted molar refractivity (Wildman–Crippen MR) is 99.1 cm³/mol. The Morgan fingerprint density at radius 3 is 2.75 bits per heavy atom. The number of thiazole rings is 1. The molecule has 0 aliphatic carbocycles. The van der Waals surface area contributed by atoms with E-state index >= 15 is 0 Å². The maximum Gasteiger partial charge on any atom is 0.191 e. The van der Waals surface area contributed by atoms with E-state index in [1.807, 2.05) is 25.4 Å². The summed E-state index contributed by atoms with van der Waals surface area (Å²) in [6.45, 7) is 10.3. The summed E-state index contributed by atoms with van der Waals surface area (Å²) in [5.41, 5.74) is 3.62. The highest BCUT2D eigenvalue weighted by atomic mass is 32.1. The Labute approximate surface area is 147 Å². The van der Waals surface area contributed by atoms with Crippen LogP contribution in [0.25, 0.3) is 0 Å². The molecule has 0 saturated carbocycles. The first kappa shape index (κ1) is 18.4. The number of benzene rings is 1. The van der Waals surface area contributed by atoms with Crippen LogP contribution in [0, 0.1) is 12.7 Å². The van der Waals surface area contributed by atoms with Gasteiger partial charge in [-0.15, -0.1) is 11.3 Å². The number of aromatic nitrogens is 1. The summed E-state index contributed by atoms with van der Waals surface area (Å²) in [5.74, 6) is 0.552. The van der Waals surface area contributed by atoms with E-state index in [9.17, 15) is 4.39 Å². The number of hydrogen-bond acceptors (Lipinski definition) is 3. The molecule has 0 atom stereocenters. The van der Waals surface area contributed by atoms with E-state index in [1.54, 1.807) is 23.5 Å². The largest absolute Gasteiger partial charge is 0.357 e. The van der Waals surface area contributed by atoms with Crippen molar-refractivity contribution in [3.05, 3.63) is 51.7 Å². The first-order valence-corrected chi connectivity index (χ1v) is 8.97. The highest BCUT2D eigenvalue weighted by Crippen LogP contribution is 2.22. The fourth-order valence-corrected chi connectivity index (χ4v) is 2.99. The second-order valence-corrected chi connectivity index (χ2v) is 7.24. The Kier molecular flexibility index (Phi) is 6.31. The number of rotatable bonds is 6. The Hall–Kier alpha value is -1.95. The maximum absolute atomic E-state index is 13.5. The van der Waals surface area contributed by atoms with E-state index in [1.165, 1.54) is 6.07 Å². The number of guanidine groups is 1. The normalized spacial score (nSPS) is 12.3. The average molecular weight is 348 g/mol. The lowest BCUT2D eigenvalue weighted by Gasteiger charge is -2.26. The quantitative estimate of drug-likeness (QED) is 0.619. The highest BCUT2D eigenvalue weighted by Gasteiger charge is 2.21. The molecule has 0 fully saturated rings. The lowest BCUT2D eigenvalue weighted by Crippen LogP contribution is -2.43. The van der Waals surface area contributed by atoms with Crippen LogP contribution in [0.4, 0.5) is 4.39 Å². The Morgan fingerprint density at radius 1 is 1.33 bits per heavy atom. The standard InChI is InChI=1S/C18H25FN4S/c1-5-20-17(21-10-16-13(2)23-12-24-16)22-11-18(3,4)14-7-6-8-15(19)9-14/h6-9,12H,5,10-11H2,1-4H3,(H2,20,21,22). The molecule has 4 nitrogen and oxygen atoms in total. The first-order valence-electron chi connectivity index (χ1n) is 8.09. The van der Waals surface area contributed by atoms with Gasteiger partial charge in [0.1, 0.15) is 5.82 Å². The minimum Gasteiger partial charge on any atom is -0.357 e. The molecule has 0 bridgehead atoms. The van der Waals surface area contributed by atoms with Crippen molar-refractivity contribution in [3.8, 4) is 0 Å². The molecule has 0 radical (unpaired) electrons. The van der Waals surface area contributed by atoms with Crippen LogP contribution in [0.2, 0.25) is 0 Å². The summed E-state index contributed by atoms with van der Waals surface area (Å²) >= 11 is 1.62. The van der Waals surface area contributed by atoms with Gasteiger partial charge in [-0.3, -0.25) is 0 Å². The minimum atomic E-state index is -0.210. The van der Waals surface area contributed by atoms with Gasteiger partial charge in [0.2, 0.25) is 0 Å². The van der Waals surface area contributed by atoms with Gasteiger partial charge in [0, 0.05) is 23.4 Å². The van der Waals surface area contributed by atoms with Crippen molar-refractivity contribution in [1.29, 1.82) is 0 Å². The van der Waals surface area contributed by atoms with Crippen LogP contribution in [-0.2, 0) is 12.0 Å². The molecule has 0 saturated heterocycles. The van der Waals surface area contributed by atoms with Crippen molar-refractivity contribution in [3.63, 3.8) is 0 Å². The smallest absolute Gasteiger partial charge is 0.191 e. The van der Waals surface area contributed by atoms with Crippen LogP contribution >= 0.6 is 11.3 Å². The van der Waals surface area contributed by atoms with Gasteiger partial charge >= 0.3 is 0 Å². The lowest BCUT2D eigenvalue weighted by molar-refractivity contribution is 0.503. The third-order valence-electron chi connectivity index (χ3n) is 3.87. The second kappa shape index (κ2) is 8.24. The number of nitrogens with one attached hydrogen (secondary N) is 2. The topological polar surface area (TPSA) is 49.3 Å². The van der Waals surface area contributed by atoms with Gasteiger partial charge in [-0.2, -0.15) is 0 Å². The van der Waals surface area contributed by atoms with E-state index in [2.05, 4.69) is 34.5 Å². The van der Waals surface area contributed by atoms with Gasteiger partial charge in [-0.05, 0) is 31.5 Å². The summed E-state index contributed by atoms with van der Waals surface area (Å²) in [4.78, 5) is 10.0. The van der Waals surface area contributed by atoms with E-state index in [0.717, 1.165) is 28.6 Å². The van der Waals surface area contributed by atoms with Gasteiger partial charge in [0.25, 0.3) is 0 Å². The first-order chi connectivity index (χ1) is 11.4. The molecule has 6 heteroatoms. The number of nitrogens with zero attached hydrogens (tertiary/aromatic N) is 2. The molecule has 24 heavy (non-hydrogen) atoms. The molecule has 0 spiro atoms. The van der Waals surface area contributed by atoms with Crippen LogP contribution < -0.4 is 10.6 Å². The summed E-state index contributed by atoms with van der Waals surface area (Å²) in [7, 11) is 0. The zero-order chi connectivity index (χ0) is 17.6. The lowest BCUT2D eigenvalue weighted by atomic mass is 9.84. The molecule has 130 valence electrons. The summed E-state index contributed by atoms with van der Waals surface area (Å²) in [6.07, 6.45) is 0. The van der Waals surface area contributed by atoms with Gasteiger partial charge in [-0.25, -0.2) is 14.4 Å². The van der Waals surface area contributed by atoms with Crippen LogP contribution in [-0.4, -0.2) is 24.0 Å². The molecule has 2 rings (SSSR count). The van der Waals surface area contributed by atoms with Gasteiger partial charge in [0.15, 0.2) is 5.96 Å². The fourth-order valence-electron chi connectivity index (χ4n) is 2.29. The van der Waals surface area contributed by atoms with Gasteiger partial charge in [-0.1, -0.05) is 26.0 Å². The fraction of sp³-hybridized carbons (Fsp3) is 0.444. The Morgan fingerprint density at radius 2 is 2.12 bits per heavy atom. The molecular weight excluding hydrogens is 323 g/mol. The third kappa shape index (κ3) is 5.03. The van der Waals surface area contributed by atoms with E-state index in [4.69, 9.17) is 0 Å². The number of aryl methyl sites for hydroxylation is 1.